The minimum Gasteiger partial charge on any atom is -0.368 e. The van der Waals surface area contributed by atoms with Gasteiger partial charge in [0.15, 0.2) is 0 Å². The molecule has 0 spiro atoms. The standard InChI is InChI=1S/C24H21F4N3O/c25-19-6-1-2-7-20(19)30-22(16-9-11-18(12-10-16)24(26,27)28)23(32)31-14-4-8-21(31)17-5-3-13-29-15-17/h1-3,5-7,9-13,15,21-22,30H,4,8,14H2. The lowest BCUT2D eigenvalue weighted by atomic mass is 10.0. The summed E-state index contributed by atoms with van der Waals surface area (Å²) in [4.78, 5) is 19.4. The van der Waals surface area contributed by atoms with Crippen molar-refractivity contribution in [3.05, 3.63) is 95.6 Å². The van der Waals surface area contributed by atoms with Crippen LogP contribution in [0.5, 0.6) is 0 Å². The van der Waals surface area contributed by atoms with Crippen molar-refractivity contribution >= 4 is 11.6 Å². The number of aromatic nitrogens is 1. The second-order valence-corrected chi connectivity index (χ2v) is 7.65. The van der Waals surface area contributed by atoms with Gasteiger partial charge in [-0.25, -0.2) is 4.39 Å². The molecule has 1 N–H and O–H groups in total. The van der Waals surface area contributed by atoms with Gasteiger partial charge < -0.3 is 10.2 Å². The molecule has 2 aromatic carbocycles. The predicted molar refractivity (Wildman–Crippen MR) is 112 cm³/mol. The molecule has 0 bridgehead atoms. The van der Waals surface area contributed by atoms with E-state index < -0.39 is 23.6 Å². The van der Waals surface area contributed by atoms with Gasteiger partial charge in [-0.05, 0) is 54.3 Å². The summed E-state index contributed by atoms with van der Waals surface area (Å²) in [5.41, 5.74) is 0.495. The number of nitrogens with one attached hydrogen (secondary N) is 1. The molecule has 1 aliphatic rings. The van der Waals surface area contributed by atoms with Crippen molar-refractivity contribution in [2.24, 2.45) is 0 Å². The highest BCUT2D eigenvalue weighted by Gasteiger charge is 2.36. The van der Waals surface area contributed by atoms with E-state index in [1.165, 1.54) is 30.3 Å². The van der Waals surface area contributed by atoms with Crippen LogP contribution in [0.3, 0.4) is 0 Å². The summed E-state index contributed by atoms with van der Waals surface area (Å²) < 4.78 is 53.4. The van der Waals surface area contributed by atoms with Gasteiger partial charge in [-0.1, -0.05) is 30.3 Å². The zero-order chi connectivity index (χ0) is 22.7. The van der Waals surface area contributed by atoms with Crippen LogP contribution in [0.15, 0.2) is 73.1 Å². The molecule has 2 atom stereocenters. The van der Waals surface area contributed by atoms with Crippen molar-refractivity contribution < 1.29 is 22.4 Å². The number of rotatable bonds is 5. The van der Waals surface area contributed by atoms with Crippen LogP contribution in [-0.4, -0.2) is 22.3 Å². The van der Waals surface area contributed by atoms with Gasteiger partial charge in [0.2, 0.25) is 5.91 Å². The van der Waals surface area contributed by atoms with Crippen LogP contribution in [0.1, 0.15) is 41.6 Å². The lowest BCUT2D eigenvalue weighted by molar-refractivity contribution is -0.137. The molecule has 8 heteroatoms. The molecule has 2 unspecified atom stereocenters. The number of carbonyl (C=O) groups excluding carboxylic acids is 1. The van der Waals surface area contributed by atoms with Crippen LogP contribution < -0.4 is 5.32 Å². The quantitative estimate of drug-likeness (QED) is 0.511. The molecular formula is C24H21F4N3O. The van der Waals surface area contributed by atoms with Gasteiger partial charge in [0.05, 0.1) is 17.3 Å². The van der Waals surface area contributed by atoms with E-state index in [9.17, 15) is 22.4 Å². The number of nitrogens with zero attached hydrogens (tertiary/aromatic N) is 2. The van der Waals surface area contributed by atoms with E-state index in [-0.39, 0.29) is 17.6 Å². The van der Waals surface area contributed by atoms with E-state index in [0.29, 0.717) is 12.1 Å². The van der Waals surface area contributed by atoms with Gasteiger partial charge in [-0.3, -0.25) is 9.78 Å². The van der Waals surface area contributed by atoms with Crippen molar-refractivity contribution in [3.8, 4) is 0 Å². The number of halogens is 4. The number of benzene rings is 2. The van der Waals surface area contributed by atoms with E-state index >= 15 is 0 Å². The Bertz CT molecular complexity index is 1070. The van der Waals surface area contributed by atoms with Gasteiger partial charge in [0, 0.05) is 18.9 Å². The molecule has 1 amide bonds. The lowest BCUT2D eigenvalue weighted by Crippen LogP contribution is -2.37. The Morgan fingerprint density at radius 2 is 1.81 bits per heavy atom. The summed E-state index contributed by atoms with van der Waals surface area (Å²) in [6.45, 7) is 0.495. The molecule has 4 rings (SSSR count). The van der Waals surface area contributed by atoms with Crippen LogP contribution in [0.4, 0.5) is 23.2 Å². The summed E-state index contributed by atoms with van der Waals surface area (Å²) in [6, 6.07) is 12.7. The molecule has 3 aromatic rings. The summed E-state index contributed by atoms with van der Waals surface area (Å²) >= 11 is 0. The summed E-state index contributed by atoms with van der Waals surface area (Å²) in [5.74, 6) is -0.887. The normalized spacial score (nSPS) is 17.2. The van der Waals surface area contributed by atoms with Crippen molar-refractivity contribution in [1.82, 2.24) is 9.88 Å². The molecular weight excluding hydrogens is 422 g/mol. The first-order valence-corrected chi connectivity index (χ1v) is 10.2. The fourth-order valence-corrected chi connectivity index (χ4v) is 4.00. The smallest absolute Gasteiger partial charge is 0.368 e. The van der Waals surface area contributed by atoms with Gasteiger partial charge in [0.25, 0.3) is 0 Å². The number of carbonyl (C=O) groups is 1. The van der Waals surface area contributed by atoms with Crippen LogP contribution in [0.25, 0.3) is 0 Å². The number of pyridine rings is 1. The Morgan fingerprint density at radius 3 is 2.47 bits per heavy atom. The summed E-state index contributed by atoms with van der Waals surface area (Å²) in [6.07, 6.45) is 0.391. The first kappa shape index (κ1) is 21.8. The average molecular weight is 443 g/mol. The zero-order valence-electron chi connectivity index (χ0n) is 17.0. The fraction of sp³-hybridized carbons (Fsp3) is 0.250. The Morgan fingerprint density at radius 1 is 1.06 bits per heavy atom. The molecule has 32 heavy (non-hydrogen) atoms. The molecule has 1 saturated heterocycles. The highest BCUT2D eigenvalue weighted by Crippen LogP contribution is 2.36. The fourth-order valence-electron chi connectivity index (χ4n) is 4.00. The second-order valence-electron chi connectivity index (χ2n) is 7.65. The largest absolute Gasteiger partial charge is 0.416 e. The number of alkyl halides is 3. The van der Waals surface area contributed by atoms with Crippen LogP contribution in [0.2, 0.25) is 0 Å². The van der Waals surface area contributed by atoms with E-state index in [1.807, 2.05) is 6.07 Å². The Balaban J connectivity index is 1.68. The SMILES string of the molecule is O=C(C(Nc1ccccc1F)c1ccc(C(F)(F)F)cc1)N1CCCC1c1cccnc1. The number of para-hydroxylation sites is 1. The molecule has 1 aromatic heterocycles. The molecule has 1 aliphatic heterocycles. The highest BCUT2D eigenvalue weighted by atomic mass is 19.4. The van der Waals surface area contributed by atoms with Gasteiger partial charge >= 0.3 is 6.18 Å². The summed E-state index contributed by atoms with van der Waals surface area (Å²) in [7, 11) is 0. The van der Waals surface area contributed by atoms with Crippen molar-refractivity contribution in [1.29, 1.82) is 0 Å². The maximum absolute atomic E-state index is 14.3. The molecule has 166 valence electrons. The number of hydrogen-bond acceptors (Lipinski definition) is 3. The number of hydrogen-bond donors (Lipinski definition) is 1. The number of anilines is 1. The topological polar surface area (TPSA) is 45.2 Å². The minimum atomic E-state index is -4.49. The average Bonchev–Trinajstić information content (AvgIpc) is 3.28. The Labute approximate surface area is 182 Å². The van der Waals surface area contributed by atoms with Crippen molar-refractivity contribution in [3.63, 3.8) is 0 Å². The lowest BCUT2D eigenvalue weighted by Gasteiger charge is -2.30. The Hall–Kier alpha value is -3.42. The molecule has 1 fully saturated rings. The first-order valence-electron chi connectivity index (χ1n) is 10.2. The van der Waals surface area contributed by atoms with Crippen molar-refractivity contribution in [2.45, 2.75) is 31.1 Å². The van der Waals surface area contributed by atoms with Crippen LogP contribution in [0, 0.1) is 5.82 Å². The van der Waals surface area contributed by atoms with Crippen molar-refractivity contribution in [2.75, 3.05) is 11.9 Å². The van der Waals surface area contributed by atoms with Gasteiger partial charge in [-0.15, -0.1) is 0 Å². The zero-order valence-corrected chi connectivity index (χ0v) is 17.0. The Kier molecular flexibility index (Phi) is 6.12. The van der Waals surface area contributed by atoms with Gasteiger partial charge in [-0.2, -0.15) is 13.2 Å². The van der Waals surface area contributed by atoms with E-state index in [4.69, 9.17) is 0 Å². The number of likely N-dealkylation sites (tertiary alicyclic amines) is 1. The maximum Gasteiger partial charge on any atom is 0.416 e. The summed E-state index contributed by atoms with van der Waals surface area (Å²) in [5, 5.41) is 2.91. The molecule has 4 nitrogen and oxygen atoms in total. The monoisotopic (exact) mass is 443 g/mol. The first-order chi connectivity index (χ1) is 15.3. The third kappa shape index (κ3) is 4.59. The van der Waals surface area contributed by atoms with Gasteiger partial charge in [0.1, 0.15) is 11.9 Å². The predicted octanol–water partition coefficient (Wildman–Crippen LogP) is 5.76. The van der Waals surface area contributed by atoms with E-state index in [2.05, 4.69) is 10.3 Å². The van der Waals surface area contributed by atoms with Crippen LogP contribution >= 0.6 is 0 Å². The third-order valence-electron chi connectivity index (χ3n) is 5.60. The molecule has 0 radical (unpaired) electrons. The molecule has 0 saturated carbocycles. The van der Waals surface area contributed by atoms with E-state index in [0.717, 1.165) is 30.5 Å². The number of amides is 1. The maximum atomic E-state index is 14.3. The second kappa shape index (κ2) is 8.98. The van der Waals surface area contributed by atoms with Crippen LogP contribution in [-0.2, 0) is 11.0 Å². The third-order valence-corrected chi connectivity index (χ3v) is 5.60. The minimum absolute atomic E-state index is 0.0999. The molecule has 2 heterocycles. The van der Waals surface area contributed by atoms with E-state index in [1.54, 1.807) is 29.4 Å². The molecule has 0 aliphatic carbocycles. The highest BCUT2D eigenvalue weighted by molar-refractivity contribution is 5.87.